The maximum absolute atomic E-state index is 4.07. The third-order valence-corrected chi connectivity index (χ3v) is 1.99. The second-order valence-electron chi connectivity index (χ2n) is 2.90. The standard InChI is InChI=1S/C12H10N/c1-10-5-2-3-7-12(10)11-6-4-8-13-9-11/h2-9H,1H2. The molecule has 1 nitrogen and oxygen atoms in total. The third-order valence-electron chi connectivity index (χ3n) is 1.99. The molecule has 1 heteroatoms. The fraction of sp³-hybridized carbons (Fsp3) is 0. The lowest BCUT2D eigenvalue weighted by Crippen LogP contribution is -1.82. The van der Waals surface area contributed by atoms with E-state index in [2.05, 4.69) is 18.0 Å². The smallest absolute Gasteiger partial charge is 0.0346 e. The molecule has 0 saturated carbocycles. The SMILES string of the molecule is [CH2]c1ccccc1-c1cccnc1. The molecule has 0 aliphatic carbocycles. The number of benzene rings is 1. The Morgan fingerprint density at radius 1 is 1.00 bits per heavy atom. The number of hydrogen-bond acceptors (Lipinski definition) is 1. The van der Waals surface area contributed by atoms with Crippen LogP contribution in [0.2, 0.25) is 0 Å². The Balaban J connectivity index is 2.54. The number of nitrogens with zero attached hydrogens (tertiary/aromatic N) is 1. The zero-order valence-corrected chi connectivity index (χ0v) is 7.27. The van der Waals surface area contributed by atoms with Gasteiger partial charge in [0.15, 0.2) is 0 Å². The Labute approximate surface area is 78.1 Å². The molecule has 2 aromatic rings. The monoisotopic (exact) mass is 168 g/mol. The van der Waals surface area contributed by atoms with E-state index in [1.807, 2.05) is 36.5 Å². The number of aromatic nitrogens is 1. The van der Waals surface area contributed by atoms with Crippen LogP contribution in [0.1, 0.15) is 5.56 Å². The fourth-order valence-corrected chi connectivity index (χ4v) is 1.32. The Morgan fingerprint density at radius 3 is 2.54 bits per heavy atom. The predicted molar refractivity (Wildman–Crippen MR) is 54.1 cm³/mol. The molecule has 0 saturated heterocycles. The van der Waals surface area contributed by atoms with Crippen LogP contribution in [-0.4, -0.2) is 4.98 Å². The Morgan fingerprint density at radius 2 is 1.85 bits per heavy atom. The number of pyridine rings is 1. The molecule has 0 bridgehead atoms. The molecule has 63 valence electrons. The van der Waals surface area contributed by atoms with E-state index < -0.39 is 0 Å². The maximum atomic E-state index is 4.07. The minimum absolute atomic E-state index is 1.04. The van der Waals surface area contributed by atoms with Crippen LogP contribution in [0.25, 0.3) is 11.1 Å². The number of hydrogen-bond donors (Lipinski definition) is 0. The van der Waals surface area contributed by atoms with Crippen LogP contribution in [0, 0.1) is 6.92 Å². The summed E-state index contributed by atoms with van der Waals surface area (Å²) in [6, 6.07) is 12.0. The second kappa shape index (κ2) is 3.40. The molecule has 0 atom stereocenters. The first kappa shape index (κ1) is 7.99. The van der Waals surface area contributed by atoms with Gasteiger partial charge in [-0.25, -0.2) is 0 Å². The average molecular weight is 168 g/mol. The minimum Gasteiger partial charge on any atom is -0.264 e. The van der Waals surface area contributed by atoms with Gasteiger partial charge < -0.3 is 0 Å². The molecule has 0 aliphatic heterocycles. The molecule has 0 N–H and O–H groups in total. The first-order chi connectivity index (χ1) is 6.38. The van der Waals surface area contributed by atoms with Gasteiger partial charge >= 0.3 is 0 Å². The zero-order valence-electron chi connectivity index (χ0n) is 7.27. The summed E-state index contributed by atoms with van der Waals surface area (Å²) in [5.41, 5.74) is 3.30. The van der Waals surface area contributed by atoms with E-state index in [9.17, 15) is 0 Å². The van der Waals surface area contributed by atoms with E-state index in [4.69, 9.17) is 0 Å². The Bertz CT molecular complexity index is 393. The lowest BCUT2D eigenvalue weighted by atomic mass is 10.0. The average Bonchev–Trinajstić information content (AvgIpc) is 2.20. The quantitative estimate of drug-likeness (QED) is 0.638. The fourth-order valence-electron chi connectivity index (χ4n) is 1.32. The van der Waals surface area contributed by atoms with Crippen molar-refractivity contribution >= 4 is 0 Å². The predicted octanol–water partition coefficient (Wildman–Crippen LogP) is 2.93. The summed E-state index contributed by atoms with van der Waals surface area (Å²) in [6.07, 6.45) is 3.62. The van der Waals surface area contributed by atoms with Crippen molar-refractivity contribution in [1.29, 1.82) is 0 Å². The van der Waals surface area contributed by atoms with Gasteiger partial charge in [0.1, 0.15) is 0 Å². The molecular formula is C12H10N. The van der Waals surface area contributed by atoms with Gasteiger partial charge in [-0.2, -0.15) is 0 Å². The van der Waals surface area contributed by atoms with E-state index in [1.54, 1.807) is 6.20 Å². The van der Waals surface area contributed by atoms with Gasteiger partial charge in [-0.05, 0) is 24.1 Å². The van der Waals surface area contributed by atoms with Gasteiger partial charge in [0.2, 0.25) is 0 Å². The van der Waals surface area contributed by atoms with E-state index in [0.717, 1.165) is 16.7 Å². The van der Waals surface area contributed by atoms with Crippen LogP contribution in [0.4, 0.5) is 0 Å². The third kappa shape index (κ3) is 1.59. The van der Waals surface area contributed by atoms with Gasteiger partial charge in [-0.15, -0.1) is 0 Å². The van der Waals surface area contributed by atoms with Gasteiger partial charge in [-0.3, -0.25) is 4.98 Å². The lowest BCUT2D eigenvalue weighted by molar-refractivity contribution is 1.33. The Kier molecular flexibility index (Phi) is 2.09. The van der Waals surface area contributed by atoms with Crippen LogP contribution in [-0.2, 0) is 0 Å². The van der Waals surface area contributed by atoms with Gasteiger partial charge in [0.25, 0.3) is 0 Å². The molecular weight excluding hydrogens is 158 g/mol. The van der Waals surface area contributed by atoms with Crippen molar-refractivity contribution in [3.05, 3.63) is 61.3 Å². The summed E-state index contributed by atoms with van der Waals surface area (Å²) in [7, 11) is 0. The maximum Gasteiger partial charge on any atom is 0.0346 e. The molecule has 0 unspecified atom stereocenters. The highest BCUT2D eigenvalue weighted by atomic mass is 14.6. The van der Waals surface area contributed by atoms with Crippen LogP contribution in [0.15, 0.2) is 48.8 Å². The molecule has 1 aromatic heterocycles. The van der Waals surface area contributed by atoms with Crippen molar-refractivity contribution in [2.75, 3.05) is 0 Å². The lowest BCUT2D eigenvalue weighted by Gasteiger charge is -2.03. The second-order valence-corrected chi connectivity index (χ2v) is 2.90. The van der Waals surface area contributed by atoms with Crippen LogP contribution in [0.3, 0.4) is 0 Å². The summed E-state index contributed by atoms with van der Waals surface area (Å²) in [4.78, 5) is 4.07. The van der Waals surface area contributed by atoms with Crippen molar-refractivity contribution < 1.29 is 0 Å². The van der Waals surface area contributed by atoms with E-state index in [0.29, 0.717) is 0 Å². The van der Waals surface area contributed by atoms with Gasteiger partial charge in [-0.1, -0.05) is 30.3 Å². The summed E-state index contributed by atoms with van der Waals surface area (Å²) in [5.74, 6) is 0. The van der Waals surface area contributed by atoms with E-state index >= 15 is 0 Å². The molecule has 0 aliphatic rings. The molecule has 2 rings (SSSR count). The number of rotatable bonds is 1. The molecule has 1 heterocycles. The van der Waals surface area contributed by atoms with E-state index in [1.165, 1.54) is 0 Å². The van der Waals surface area contributed by atoms with Crippen LogP contribution in [0.5, 0.6) is 0 Å². The largest absolute Gasteiger partial charge is 0.264 e. The van der Waals surface area contributed by atoms with Crippen LogP contribution < -0.4 is 0 Å². The van der Waals surface area contributed by atoms with Crippen LogP contribution >= 0.6 is 0 Å². The van der Waals surface area contributed by atoms with Crippen molar-refractivity contribution in [2.45, 2.75) is 0 Å². The first-order valence-corrected chi connectivity index (χ1v) is 4.19. The molecule has 1 aromatic carbocycles. The Hall–Kier alpha value is -1.63. The topological polar surface area (TPSA) is 12.9 Å². The highest BCUT2D eigenvalue weighted by Crippen LogP contribution is 2.21. The van der Waals surface area contributed by atoms with Crippen molar-refractivity contribution in [3.8, 4) is 11.1 Å². The van der Waals surface area contributed by atoms with E-state index in [-0.39, 0.29) is 0 Å². The molecule has 0 amide bonds. The zero-order chi connectivity index (χ0) is 9.10. The highest BCUT2D eigenvalue weighted by Gasteiger charge is 1.98. The van der Waals surface area contributed by atoms with Crippen molar-refractivity contribution in [2.24, 2.45) is 0 Å². The summed E-state index contributed by atoms with van der Waals surface area (Å²) < 4.78 is 0. The van der Waals surface area contributed by atoms with Gasteiger partial charge in [0.05, 0.1) is 0 Å². The minimum atomic E-state index is 1.04. The summed E-state index contributed by atoms with van der Waals surface area (Å²) in [6.45, 7) is 3.97. The normalized spacial score (nSPS) is 9.92. The summed E-state index contributed by atoms with van der Waals surface area (Å²) >= 11 is 0. The first-order valence-electron chi connectivity index (χ1n) is 4.19. The molecule has 0 spiro atoms. The summed E-state index contributed by atoms with van der Waals surface area (Å²) in [5, 5.41) is 0. The highest BCUT2D eigenvalue weighted by molar-refractivity contribution is 5.66. The molecule has 1 radical (unpaired) electrons. The molecule has 0 fully saturated rings. The van der Waals surface area contributed by atoms with Gasteiger partial charge in [0, 0.05) is 18.0 Å². The molecule has 13 heavy (non-hydrogen) atoms. The van der Waals surface area contributed by atoms with Crippen molar-refractivity contribution in [3.63, 3.8) is 0 Å². The van der Waals surface area contributed by atoms with Crippen molar-refractivity contribution in [1.82, 2.24) is 4.98 Å².